The van der Waals surface area contributed by atoms with Crippen molar-refractivity contribution < 1.29 is 31.2 Å². The molecule has 2 aromatic rings. The van der Waals surface area contributed by atoms with E-state index in [1.807, 2.05) is 23.4 Å². The first-order chi connectivity index (χ1) is 21.7. The average molecular weight is 667 g/mol. The number of carbonyl (C=O) groups is 2. The third kappa shape index (κ3) is 8.11. The Labute approximate surface area is 269 Å². The van der Waals surface area contributed by atoms with E-state index in [0.29, 0.717) is 48.8 Å². The summed E-state index contributed by atoms with van der Waals surface area (Å²) in [6, 6.07) is 4.13. The Hall–Kier alpha value is -2.97. The van der Waals surface area contributed by atoms with E-state index in [0.717, 1.165) is 69.9 Å². The zero-order valence-corrected chi connectivity index (χ0v) is 27.7. The third-order valence-electron chi connectivity index (χ3n) is 9.27. The molecule has 2 fully saturated rings. The Balaban J connectivity index is 1.35. The minimum Gasteiger partial charge on any atom is -0.352 e. The molecule has 5 rings (SSSR count). The predicted octanol–water partition coefficient (Wildman–Crippen LogP) is 4.03. The summed E-state index contributed by atoms with van der Waals surface area (Å²) in [5.74, 6) is 0.00469. The van der Waals surface area contributed by atoms with Gasteiger partial charge in [0.25, 0.3) is 0 Å². The Morgan fingerprint density at radius 1 is 1.09 bits per heavy atom. The largest absolute Gasteiger partial charge is 0.416 e. The van der Waals surface area contributed by atoms with E-state index in [-0.39, 0.29) is 42.8 Å². The second-order valence-corrected chi connectivity index (χ2v) is 15.2. The summed E-state index contributed by atoms with van der Waals surface area (Å²) in [5, 5.41) is 7.48. The Morgan fingerprint density at radius 2 is 1.83 bits per heavy atom. The minimum absolute atomic E-state index is 0.0640. The molecule has 1 aromatic heterocycles. The van der Waals surface area contributed by atoms with Crippen LogP contribution < -0.4 is 5.32 Å². The summed E-state index contributed by atoms with van der Waals surface area (Å²) >= 11 is 0. The van der Waals surface area contributed by atoms with Gasteiger partial charge < -0.3 is 15.1 Å². The zero-order chi connectivity index (χ0) is 33.2. The number of nitrogens with zero attached hydrogens (tertiary/aromatic N) is 5. The number of sulfonamides is 1. The maximum Gasteiger partial charge on any atom is 0.416 e. The number of amides is 2. The van der Waals surface area contributed by atoms with E-state index >= 15 is 0 Å². The first kappa shape index (κ1) is 34.4. The molecule has 0 aliphatic carbocycles. The fraction of sp³-hybridized carbons (Fsp3) is 0.656. The van der Waals surface area contributed by atoms with Crippen molar-refractivity contribution in [3.63, 3.8) is 0 Å². The standard InChI is InChI=1S/C32H45F3N6O4S/c1-22(2)18-29(42)36-20-24-19-23(7-8-27(24)32(33,34)35)31-26-21-39(46(3,44)45)17-11-28(26)41(37-31)14-5-12-38-15-9-25(10-16-38)40-13-4-6-30(40)43/h7-8,19,22,25H,4-6,9-18,20-21H2,1-3H3,(H,36,42). The highest BCUT2D eigenvalue weighted by Gasteiger charge is 2.35. The highest BCUT2D eigenvalue weighted by Crippen LogP contribution is 2.37. The smallest absolute Gasteiger partial charge is 0.352 e. The fourth-order valence-corrected chi connectivity index (χ4v) is 7.71. The van der Waals surface area contributed by atoms with Crippen molar-refractivity contribution in [2.24, 2.45) is 5.92 Å². The van der Waals surface area contributed by atoms with Crippen molar-refractivity contribution >= 4 is 21.8 Å². The summed E-state index contributed by atoms with van der Waals surface area (Å²) in [6.45, 7) is 7.97. The average Bonchev–Trinajstić information content (AvgIpc) is 3.58. The topological polar surface area (TPSA) is 108 Å². The monoisotopic (exact) mass is 666 g/mol. The van der Waals surface area contributed by atoms with E-state index in [1.165, 1.54) is 16.4 Å². The molecule has 0 spiro atoms. The molecular formula is C32H45F3N6O4S. The third-order valence-corrected chi connectivity index (χ3v) is 10.5. The van der Waals surface area contributed by atoms with Crippen LogP contribution in [0.15, 0.2) is 18.2 Å². The number of likely N-dealkylation sites (tertiary alicyclic amines) is 2. The summed E-state index contributed by atoms with van der Waals surface area (Å²) < 4.78 is 70.1. The first-order valence-electron chi connectivity index (χ1n) is 16.2. The normalized spacial score (nSPS) is 18.8. The Kier molecular flexibility index (Phi) is 10.5. The van der Waals surface area contributed by atoms with E-state index in [4.69, 9.17) is 5.10 Å². The number of aryl methyl sites for hydroxylation is 1. The quantitative estimate of drug-likeness (QED) is 0.388. The Bertz CT molecular complexity index is 1530. The van der Waals surface area contributed by atoms with Gasteiger partial charge in [-0.2, -0.15) is 22.6 Å². The van der Waals surface area contributed by atoms with Gasteiger partial charge in [0.1, 0.15) is 0 Å². The maximum absolute atomic E-state index is 14.0. The number of fused-ring (bicyclic) bond motifs is 1. The highest BCUT2D eigenvalue weighted by molar-refractivity contribution is 7.88. The molecule has 4 heterocycles. The van der Waals surface area contributed by atoms with E-state index in [9.17, 15) is 31.2 Å². The van der Waals surface area contributed by atoms with Gasteiger partial charge >= 0.3 is 6.18 Å². The van der Waals surface area contributed by atoms with Crippen LogP contribution in [0.2, 0.25) is 0 Å². The van der Waals surface area contributed by atoms with Crippen molar-refractivity contribution in [1.29, 1.82) is 0 Å². The molecular weight excluding hydrogens is 621 g/mol. The van der Waals surface area contributed by atoms with Crippen molar-refractivity contribution in [2.75, 3.05) is 39.0 Å². The van der Waals surface area contributed by atoms with Crippen molar-refractivity contribution in [3.8, 4) is 11.3 Å². The summed E-state index contributed by atoms with van der Waals surface area (Å²) in [5.41, 5.74) is 1.60. The maximum atomic E-state index is 14.0. The van der Waals surface area contributed by atoms with Crippen LogP contribution in [0.1, 0.15) is 74.8 Å². The number of benzene rings is 1. The summed E-state index contributed by atoms with van der Waals surface area (Å²) in [4.78, 5) is 28.9. The molecule has 1 aromatic carbocycles. The fourth-order valence-electron chi connectivity index (χ4n) is 6.92. The molecule has 10 nitrogen and oxygen atoms in total. The molecule has 14 heteroatoms. The molecule has 254 valence electrons. The molecule has 46 heavy (non-hydrogen) atoms. The number of hydrogen-bond donors (Lipinski definition) is 1. The second-order valence-electron chi connectivity index (χ2n) is 13.2. The van der Waals surface area contributed by atoms with Gasteiger partial charge in [0.2, 0.25) is 21.8 Å². The minimum atomic E-state index is -4.61. The van der Waals surface area contributed by atoms with Crippen LogP contribution in [0, 0.1) is 5.92 Å². The lowest BCUT2D eigenvalue weighted by molar-refractivity contribution is -0.138. The van der Waals surface area contributed by atoms with Gasteiger partial charge in [0.05, 0.1) is 17.5 Å². The van der Waals surface area contributed by atoms with Crippen LogP contribution in [-0.4, -0.2) is 89.1 Å². The number of nitrogens with one attached hydrogen (secondary N) is 1. The van der Waals surface area contributed by atoms with Crippen LogP contribution >= 0.6 is 0 Å². The van der Waals surface area contributed by atoms with Gasteiger partial charge in [0.15, 0.2) is 0 Å². The number of hydrogen-bond acceptors (Lipinski definition) is 6. The summed E-state index contributed by atoms with van der Waals surface area (Å²) in [7, 11) is -3.50. The molecule has 1 N–H and O–H groups in total. The van der Waals surface area contributed by atoms with Crippen LogP contribution in [0.5, 0.6) is 0 Å². The number of carbonyl (C=O) groups excluding carboxylic acids is 2. The molecule has 0 unspecified atom stereocenters. The molecule has 3 aliphatic heterocycles. The molecule has 0 radical (unpaired) electrons. The molecule has 0 saturated carbocycles. The lowest BCUT2D eigenvalue weighted by Crippen LogP contribution is -2.45. The van der Waals surface area contributed by atoms with Crippen molar-refractivity contribution in [3.05, 3.63) is 40.6 Å². The number of alkyl halides is 3. The number of piperidine rings is 1. The molecule has 0 bridgehead atoms. The highest BCUT2D eigenvalue weighted by atomic mass is 32.2. The van der Waals surface area contributed by atoms with E-state index < -0.39 is 21.8 Å². The summed E-state index contributed by atoms with van der Waals surface area (Å²) in [6.07, 6.45) is 1.52. The molecule has 2 saturated heterocycles. The van der Waals surface area contributed by atoms with Gasteiger partial charge in [-0.25, -0.2) is 8.42 Å². The van der Waals surface area contributed by atoms with Crippen LogP contribution in [-0.2, 0) is 51.8 Å². The van der Waals surface area contributed by atoms with Gasteiger partial charge in [0, 0.05) is 87.9 Å². The first-order valence-corrected chi connectivity index (χ1v) is 18.1. The van der Waals surface area contributed by atoms with E-state index in [1.54, 1.807) is 0 Å². The molecule has 0 atom stereocenters. The van der Waals surface area contributed by atoms with Gasteiger partial charge in [-0.1, -0.05) is 19.9 Å². The van der Waals surface area contributed by atoms with E-state index in [2.05, 4.69) is 10.2 Å². The molecule has 3 aliphatic rings. The van der Waals surface area contributed by atoms with Gasteiger partial charge in [-0.3, -0.25) is 14.3 Å². The number of aromatic nitrogens is 2. The van der Waals surface area contributed by atoms with Crippen LogP contribution in [0.25, 0.3) is 11.3 Å². The number of rotatable bonds is 11. The Morgan fingerprint density at radius 3 is 2.46 bits per heavy atom. The molecule has 2 amide bonds. The van der Waals surface area contributed by atoms with Crippen molar-refractivity contribution in [1.82, 2.24) is 29.2 Å². The lowest BCUT2D eigenvalue weighted by Gasteiger charge is -2.36. The second kappa shape index (κ2) is 14.0. The van der Waals surface area contributed by atoms with Crippen LogP contribution in [0.3, 0.4) is 0 Å². The number of halogens is 3. The van der Waals surface area contributed by atoms with Crippen molar-refractivity contribution in [2.45, 2.75) is 90.6 Å². The predicted molar refractivity (Wildman–Crippen MR) is 168 cm³/mol. The van der Waals surface area contributed by atoms with Gasteiger partial charge in [-0.15, -0.1) is 0 Å². The van der Waals surface area contributed by atoms with Crippen LogP contribution in [0.4, 0.5) is 13.2 Å². The lowest BCUT2D eigenvalue weighted by atomic mass is 9.97. The zero-order valence-electron chi connectivity index (χ0n) is 26.9. The SMILES string of the molecule is CC(C)CC(=O)NCc1cc(-c2nn(CCCN3CCC(N4CCCC4=O)CC3)c3c2CN(S(C)(=O)=O)CC3)ccc1C(F)(F)F. The van der Waals surface area contributed by atoms with Gasteiger partial charge in [-0.05, 0) is 55.8 Å².